The van der Waals surface area contributed by atoms with Crippen LogP contribution < -0.4 is 5.32 Å². The minimum Gasteiger partial charge on any atom is -0.394 e. The number of aliphatic hydroxyl groups excluding tert-OH is 1. The number of hydrogen-bond donors (Lipinski definition) is 2. The average molecular weight is 383 g/mol. The van der Waals surface area contributed by atoms with Crippen molar-refractivity contribution in [2.75, 3.05) is 13.7 Å². The number of ether oxygens (including phenoxy) is 1. The van der Waals surface area contributed by atoms with Crippen LogP contribution in [0.2, 0.25) is 0 Å². The Morgan fingerprint density at radius 1 is 1.46 bits per heavy atom. The second-order valence-electron chi connectivity index (χ2n) is 6.64. The molecule has 0 spiro atoms. The van der Waals surface area contributed by atoms with E-state index >= 15 is 0 Å². The first-order valence-electron chi connectivity index (χ1n) is 9.07. The van der Waals surface area contributed by atoms with Gasteiger partial charge in [0.05, 0.1) is 31.0 Å². The van der Waals surface area contributed by atoms with Crippen LogP contribution in [0.25, 0.3) is 11.4 Å². The number of nitrogens with zero attached hydrogens (tertiary/aromatic N) is 4. The summed E-state index contributed by atoms with van der Waals surface area (Å²) < 4.78 is 11.7. The highest BCUT2D eigenvalue weighted by Crippen LogP contribution is 2.34. The van der Waals surface area contributed by atoms with Crippen molar-refractivity contribution in [2.45, 2.75) is 32.0 Å². The minimum atomic E-state index is -0.173. The monoisotopic (exact) mass is 383 g/mol. The molecule has 4 rings (SSSR count). The summed E-state index contributed by atoms with van der Waals surface area (Å²) in [5.74, 6) is 0.789. The molecule has 0 saturated carbocycles. The number of hydrogen-bond acceptors (Lipinski definition) is 7. The standard InChI is InChI=1S/C19H21N5O4/c1-27-11-17-22-18(23-28-17)13-2-4-15-12(8-13)3-5-16(15)21-19(26)14-9-20-24(10-14)6-7-25/h2,4,8-10,16,25H,3,5-7,11H2,1H3,(H,21,26)/t16-/m1/s1. The predicted octanol–water partition coefficient (Wildman–Crippen LogP) is 1.49. The second kappa shape index (κ2) is 7.91. The third kappa shape index (κ3) is 3.67. The van der Waals surface area contributed by atoms with Crippen molar-refractivity contribution in [1.82, 2.24) is 25.2 Å². The van der Waals surface area contributed by atoms with Gasteiger partial charge in [0.2, 0.25) is 5.82 Å². The number of rotatable bonds is 7. The largest absolute Gasteiger partial charge is 0.394 e. The first-order valence-corrected chi connectivity index (χ1v) is 9.07. The Morgan fingerprint density at radius 3 is 3.18 bits per heavy atom. The van der Waals surface area contributed by atoms with Gasteiger partial charge in [0, 0.05) is 18.9 Å². The van der Waals surface area contributed by atoms with Crippen LogP contribution in [0.3, 0.4) is 0 Å². The van der Waals surface area contributed by atoms with E-state index in [-0.39, 0.29) is 25.2 Å². The maximum atomic E-state index is 12.5. The van der Waals surface area contributed by atoms with Gasteiger partial charge >= 0.3 is 0 Å². The first-order chi connectivity index (χ1) is 13.7. The van der Waals surface area contributed by atoms with Gasteiger partial charge in [0.15, 0.2) is 0 Å². The summed E-state index contributed by atoms with van der Waals surface area (Å²) in [5, 5.41) is 20.1. The Balaban J connectivity index is 1.47. The van der Waals surface area contributed by atoms with E-state index in [0.717, 1.165) is 29.5 Å². The molecule has 28 heavy (non-hydrogen) atoms. The molecule has 0 saturated heterocycles. The van der Waals surface area contributed by atoms with Gasteiger partial charge in [-0.1, -0.05) is 17.3 Å². The van der Waals surface area contributed by atoms with E-state index in [0.29, 0.717) is 23.8 Å². The lowest BCUT2D eigenvalue weighted by molar-refractivity contribution is 0.0936. The second-order valence-corrected chi connectivity index (χ2v) is 6.64. The number of aromatic nitrogens is 4. The van der Waals surface area contributed by atoms with E-state index in [1.54, 1.807) is 18.0 Å². The van der Waals surface area contributed by atoms with Crippen molar-refractivity contribution >= 4 is 5.91 Å². The van der Waals surface area contributed by atoms with E-state index < -0.39 is 0 Å². The van der Waals surface area contributed by atoms with Crippen molar-refractivity contribution in [2.24, 2.45) is 0 Å². The SMILES string of the molecule is COCc1nc(-c2ccc3c(c2)CC[C@H]3NC(=O)c2cnn(CCO)c2)no1. The number of carbonyl (C=O) groups is 1. The van der Waals surface area contributed by atoms with Gasteiger partial charge in [-0.3, -0.25) is 9.48 Å². The molecule has 9 heteroatoms. The van der Waals surface area contributed by atoms with Crippen LogP contribution in [0.15, 0.2) is 35.1 Å². The zero-order chi connectivity index (χ0) is 19.5. The van der Waals surface area contributed by atoms with E-state index in [1.165, 1.54) is 6.20 Å². The Labute approximate surface area is 161 Å². The van der Waals surface area contributed by atoms with Crippen molar-refractivity contribution in [3.63, 3.8) is 0 Å². The highest BCUT2D eigenvalue weighted by atomic mass is 16.5. The molecule has 2 N–H and O–H groups in total. The maximum absolute atomic E-state index is 12.5. The van der Waals surface area contributed by atoms with Crippen molar-refractivity contribution in [3.05, 3.63) is 53.2 Å². The Morgan fingerprint density at radius 2 is 2.36 bits per heavy atom. The lowest BCUT2D eigenvalue weighted by atomic mass is 10.0. The van der Waals surface area contributed by atoms with Crippen molar-refractivity contribution in [1.29, 1.82) is 0 Å². The number of amides is 1. The normalized spacial score (nSPS) is 15.6. The lowest BCUT2D eigenvalue weighted by Crippen LogP contribution is -2.26. The number of fused-ring (bicyclic) bond motifs is 1. The highest BCUT2D eigenvalue weighted by molar-refractivity contribution is 5.94. The maximum Gasteiger partial charge on any atom is 0.254 e. The summed E-state index contributed by atoms with van der Waals surface area (Å²) in [6.07, 6.45) is 4.84. The van der Waals surface area contributed by atoms with E-state index in [9.17, 15) is 4.79 Å². The fourth-order valence-corrected chi connectivity index (χ4v) is 3.41. The summed E-state index contributed by atoms with van der Waals surface area (Å²) >= 11 is 0. The zero-order valence-electron chi connectivity index (χ0n) is 15.5. The Kier molecular flexibility index (Phi) is 5.18. The predicted molar refractivity (Wildman–Crippen MR) is 98.3 cm³/mol. The van der Waals surface area contributed by atoms with Crippen LogP contribution in [0.1, 0.15) is 39.8 Å². The van der Waals surface area contributed by atoms with E-state index in [2.05, 4.69) is 20.6 Å². The molecule has 0 bridgehead atoms. The van der Waals surface area contributed by atoms with Crippen LogP contribution in [-0.4, -0.2) is 44.7 Å². The summed E-state index contributed by atoms with van der Waals surface area (Å²) in [6, 6.07) is 5.93. The molecule has 1 aliphatic rings. The molecule has 146 valence electrons. The molecular weight excluding hydrogens is 362 g/mol. The summed E-state index contributed by atoms with van der Waals surface area (Å²) in [7, 11) is 1.57. The van der Waals surface area contributed by atoms with Gasteiger partial charge < -0.3 is 19.7 Å². The number of nitrogens with one attached hydrogen (secondary N) is 1. The first kappa shape index (κ1) is 18.3. The van der Waals surface area contributed by atoms with Crippen LogP contribution in [-0.2, 0) is 24.3 Å². The fraction of sp³-hybridized carbons (Fsp3) is 0.368. The van der Waals surface area contributed by atoms with Crippen molar-refractivity contribution < 1.29 is 19.2 Å². The van der Waals surface area contributed by atoms with Crippen LogP contribution in [0.5, 0.6) is 0 Å². The average Bonchev–Trinajstić information content (AvgIpc) is 3.42. The molecule has 0 aliphatic heterocycles. The minimum absolute atomic E-state index is 0.0194. The smallest absolute Gasteiger partial charge is 0.254 e. The topological polar surface area (TPSA) is 115 Å². The number of carbonyl (C=O) groups excluding carboxylic acids is 1. The summed E-state index contributed by atoms with van der Waals surface area (Å²) in [4.78, 5) is 16.8. The summed E-state index contributed by atoms with van der Waals surface area (Å²) in [6.45, 7) is 0.625. The van der Waals surface area contributed by atoms with Gasteiger partial charge in [-0.25, -0.2) is 0 Å². The molecule has 3 aromatic rings. The number of methoxy groups -OCH3 is 1. The van der Waals surface area contributed by atoms with Crippen LogP contribution in [0.4, 0.5) is 0 Å². The molecule has 2 heterocycles. The lowest BCUT2D eigenvalue weighted by Gasteiger charge is -2.13. The molecule has 1 atom stereocenters. The Hall–Kier alpha value is -3.04. The van der Waals surface area contributed by atoms with Gasteiger partial charge in [0.1, 0.15) is 6.61 Å². The Bertz CT molecular complexity index is 980. The zero-order valence-corrected chi connectivity index (χ0v) is 15.5. The molecule has 1 amide bonds. The highest BCUT2D eigenvalue weighted by Gasteiger charge is 2.25. The van der Waals surface area contributed by atoms with Gasteiger partial charge in [0.25, 0.3) is 11.8 Å². The fourth-order valence-electron chi connectivity index (χ4n) is 3.41. The van der Waals surface area contributed by atoms with Crippen LogP contribution >= 0.6 is 0 Å². The summed E-state index contributed by atoms with van der Waals surface area (Å²) in [5.41, 5.74) is 3.62. The number of aryl methyl sites for hydroxylation is 1. The molecule has 0 unspecified atom stereocenters. The molecular formula is C19H21N5O4. The van der Waals surface area contributed by atoms with Gasteiger partial charge in [-0.05, 0) is 30.0 Å². The third-order valence-corrected chi connectivity index (χ3v) is 4.74. The van der Waals surface area contributed by atoms with Crippen molar-refractivity contribution in [3.8, 4) is 11.4 Å². The third-order valence-electron chi connectivity index (χ3n) is 4.74. The van der Waals surface area contributed by atoms with Gasteiger partial charge in [-0.15, -0.1) is 0 Å². The molecule has 1 aromatic carbocycles. The number of benzene rings is 1. The van der Waals surface area contributed by atoms with E-state index in [4.69, 9.17) is 14.4 Å². The molecule has 0 fully saturated rings. The molecule has 9 nitrogen and oxygen atoms in total. The quantitative estimate of drug-likeness (QED) is 0.635. The molecule has 2 aromatic heterocycles. The number of aliphatic hydroxyl groups is 1. The molecule has 0 radical (unpaired) electrons. The van der Waals surface area contributed by atoms with Gasteiger partial charge in [-0.2, -0.15) is 10.1 Å². The molecule has 1 aliphatic carbocycles. The van der Waals surface area contributed by atoms with Crippen LogP contribution in [0, 0.1) is 0 Å². The van der Waals surface area contributed by atoms with E-state index in [1.807, 2.05) is 18.2 Å².